The number of carbonyl (C=O) groups excluding carboxylic acids is 2. The molecule has 7 nitrogen and oxygen atoms in total. The molecular formula is C25H39N3O4. The van der Waals surface area contributed by atoms with Gasteiger partial charge in [-0.2, -0.15) is 0 Å². The number of Topliss-reactive ketones (excluding diaryl/α,β-unsaturated/α-hetero) is 1. The fourth-order valence-electron chi connectivity index (χ4n) is 4.33. The monoisotopic (exact) mass is 445 g/mol. The number of ketones is 1. The van der Waals surface area contributed by atoms with Gasteiger partial charge in [0.1, 0.15) is 0 Å². The Kier molecular flexibility index (Phi) is 7.32. The topological polar surface area (TPSA) is 82.1 Å². The maximum atomic E-state index is 12.8. The van der Waals surface area contributed by atoms with Gasteiger partial charge >= 0.3 is 6.03 Å². The van der Waals surface area contributed by atoms with Crippen LogP contribution in [0.25, 0.3) is 0 Å². The normalized spacial score (nSPS) is 19.5. The first-order chi connectivity index (χ1) is 14.9. The van der Waals surface area contributed by atoms with E-state index < -0.39 is 12.0 Å². The lowest BCUT2D eigenvalue weighted by Gasteiger charge is -2.39. The Balaban J connectivity index is 1.50. The Morgan fingerprint density at radius 1 is 1.06 bits per heavy atom. The van der Waals surface area contributed by atoms with Crippen molar-refractivity contribution in [3.63, 3.8) is 0 Å². The zero-order valence-corrected chi connectivity index (χ0v) is 20.4. The second kappa shape index (κ2) is 9.49. The fourth-order valence-corrected chi connectivity index (χ4v) is 4.33. The molecule has 2 aliphatic rings. The zero-order valence-electron chi connectivity index (χ0n) is 20.4. The minimum absolute atomic E-state index is 0.0910. The van der Waals surface area contributed by atoms with E-state index in [4.69, 9.17) is 4.74 Å². The number of ether oxygens (including phenoxy) is 1. The highest BCUT2D eigenvalue weighted by Gasteiger charge is 2.43. The molecule has 1 aliphatic heterocycles. The Morgan fingerprint density at radius 2 is 1.62 bits per heavy atom. The highest BCUT2D eigenvalue weighted by Crippen LogP contribution is 2.46. The zero-order chi connectivity index (χ0) is 23.7. The Labute approximate surface area is 192 Å². The molecule has 2 fully saturated rings. The van der Waals surface area contributed by atoms with Gasteiger partial charge in [-0.05, 0) is 76.6 Å². The van der Waals surface area contributed by atoms with Crippen molar-refractivity contribution in [3.05, 3.63) is 29.8 Å². The number of piperidine rings is 1. The van der Waals surface area contributed by atoms with Gasteiger partial charge in [0.05, 0.1) is 5.60 Å². The van der Waals surface area contributed by atoms with Gasteiger partial charge in [-0.15, -0.1) is 0 Å². The number of carbonyl (C=O) groups is 2. The number of rotatable bonds is 7. The molecule has 3 rings (SSSR count). The number of benzene rings is 1. The van der Waals surface area contributed by atoms with Crippen LogP contribution in [0.3, 0.4) is 0 Å². The molecule has 1 aliphatic carbocycles. The summed E-state index contributed by atoms with van der Waals surface area (Å²) in [6.07, 6.45) is 2.85. The van der Waals surface area contributed by atoms with Crippen LogP contribution >= 0.6 is 0 Å². The number of urea groups is 1. The summed E-state index contributed by atoms with van der Waals surface area (Å²) in [6.45, 7) is 11.1. The minimum Gasteiger partial charge on any atom is -0.356 e. The summed E-state index contributed by atoms with van der Waals surface area (Å²) in [4.78, 5) is 29.2. The minimum atomic E-state index is -0.929. The lowest BCUT2D eigenvalue weighted by molar-refractivity contribution is -0.243. The molecule has 1 unspecified atom stereocenters. The molecule has 178 valence electrons. The van der Waals surface area contributed by atoms with Crippen LogP contribution in [0.4, 0.5) is 10.5 Å². The van der Waals surface area contributed by atoms with Crippen LogP contribution in [0, 0.1) is 11.3 Å². The third-order valence-electron chi connectivity index (χ3n) is 6.72. The first kappa shape index (κ1) is 24.7. The number of amides is 2. The summed E-state index contributed by atoms with van der Waals surface area (Å²) >= 11 is 0. The third-order valence-corrected chi connectivity index (χ3v) is 6.72. The summed E-state index contributed by atoms with van der Waals surface area (Å²) in [5.74, 6) is 0.648. The summed E-state index contributed by atoms with van der Waals surface area (Å²) in [5.41, 5.74) is 0.622. The van der Waals surface area contributed by atoms with E-state index in [1.165, 1.54) is 0 Å². The molecule has 1 aromatic rings. The molecule has 1 atom stereocenters. The van der Waals surface area contributed by atoms with Gasteiger partial charge in [0.15, 0.2) is 5.78 Å². The standard InChI is InChI=1S/C25H39N3O4/c1-24(2,3)32-23(31)28-15-13-20(14-16-28)27(6)22(30)26-19-11-7-17(8-12-19)21(29)25(4,5)18-9-10-18/h7-8,11-12,18,20,23,31H,9-10,13-16H2,1-6H3,(H,26,30). The number of nitrogens with one attached hydrogen (secondary N) is 1. The smallest absolute Gasteiger partial charge is 0.321 e. The van der Waals surface area contributed by atoms with Crippen LogP contribution in [0.5, 0.6) is 0 Å². The van der Waals surface area contributed by atoms with Crippen LogP contribution < -0.4 is 5.32 Å². The van der Waals surface area contributed by atoms with Gasteiger partial charge in [-0.25, -0.2) is 4.79 Å². The maximum absolute atomic E-state index is 12.8. The molecule has 1 saturated carbocycles. The number of hydrogen-bond donors (Lipinski definition) is 2. The number of anilines is 1. The van der Waals surface area contributed by atoms with Gasteiger partial charge in [-0.1, -0.05) is 13.8 Å². The van der Waals surface area contributed by atoms with Crippen LogP contribution in [0.15, 0.2) is 24.3 Å². The van der Waals surface area contributed by atoms with Crippen LogP contribution in [0.1, 0.15) is 70.7 Å². The number of nitrogens with zero attached hydrogens (tertiary/aromatic N) is 2. The molecule has 0 bridgehead atoms. The van der Waals surface area contributed by atoms with Gasteiger partial charge in [0.2, 0.25) is 6.41 Å². The first-order valence-electron chi connectivity index (χ1n) is 11.7. The number of aliphatic hydroxyl groups is 1. The first-order valence-corrected chi connectivity index (χ1v) is 11.7. The highest BCUT2D eigenvalue weighted by atomic mass is 16.6. The lowest BCUT2D eigenvalue weighted by atomic mass is 9.80. The van der Waals surface area contributed by atoms with Crippen molar-refractivity contribution in [3.8, 4) is 0 Å². The maximum Gasteiger partial charge on any atom is 0.321 e. The summed E-state index contributed by atoms with van der Waals surface area (Å²) < 4.78 is 5.63. The average Bonchev–Trinajstić information content (AvgIpc) is 3.58. The number of aliphatic hydroxyl groups excluding tert-OH is 1. The third kappa shape index (κ3) is 6.09. The second-order valence-electron chi connectivity index (χ2n) is 10.8. The Bertz CT molecular complexity index is 803. The summed E-state index contributed by atoms with van der Waals surface area (Å²) in [6, 6.07) is 7.12. The van der Waals surface area contributed by atoms with Crippen LogP contribution in [-0.4, -0.2) is 64.9 Å². The van der Waals surface area contributed by atoms with E-state index in [1.54, 1.807) is 36.2 Å². The van der Waals surface area contributed by atoms with E-state index in [-0.39, 0.29) is 23.3 Å². The summed E-state index contributed by atoms with van der Waals surface area (Å²) in [5, 5.41) is 13.2. The molecule has 7 heteroatoms. The predicted molar refractivity (Wildman–Crippen MR) is 125 cm³/mol. The van der Waals surface area contributed by atoms with E-state index in [0.717, 1.165) is 25.7 Å². The van der Waals surface area contributed by atoms with Crippen molar-refractivity contribution in [1.82, 2.24) is 9.80 Å². The van der Waals surface area contributed by atoms with Crippen molar-refractivity contribution < 1.29 is 19.4 Å². The van der Waals surface area contributed by atoms with Crippen molar-refractivity contribution in [2.24, 2.45) is 11.3 Å². The van der Waals surface area contributed by atoms with Crippen LogP contribution in [0.2, 0.25) is 0 Å². The van der Waals surface area contributed by atoms with E-state index in [9.17, 15) is 14.7 Å². The molecule has 0 aromatic heterocycles. The van der Waals surface area contributed by atoms with Crippen molar-refractivity contribution in [1.29, 1.82) is 0 Å². The molecule has 0 spiro atoms. The predicted octanol–water partition coefficient (Wildman–Crippen LogP) is 4.32. The van der Waals surface area contributed by atoms with Gasteiger partial charge in [0.25, 0.3) is 0 Å². The molecule has 1 heterocycles. The van der Waals surface area contributed by atoms with E-state index in [1.807, 2.05) is 39.5 Å². The number of likely N-dealkylation sites (tertiary alicyclic amines) is 1. The van der Waals surface area contributed by atoms with Gasteiger partial charge < -0.3 is 20.1 Å². The molecule has 2 amide bonds. The SMILES string of the molecule is CN(C(=O)Nc1ccc(C(=O)C(C)(C)C2CC2)cc1)C1CCN(C(O)OC(C)(C)C)CC1. The lowest BCUT2D eigenvalue weighted by Crippen LogP contribution is -2.51. The molecule has 2 N–H and O–H groups in total. The quantitative estimate of drug-likeness (QED) is 0.482. The van der Waals surface area contributed by atoms with E-state index in [0.29, 0.717) is 30.3 Å². The Morgan fingerprint density at radius 3 is 2.12 bits per heavy atom. The van der Waals surface area contributed by atoms with Gasteiger partial charge in [-0.3, -0.25) is 9.69 Å². The molecular weight excluding hydrogens is 406 g/mol. The fraction of sp³-hybridized carbons (Fsp3) is 0.680. The molecule has 32 heavy (non-hydrogen) atoms. The largest absolute Gasteiger partial charge is 0.356 e. The average molecular weight is 446 g/mol. The Hall–Kier alpha value is -1.96. The van der Waals surface area contributed by atoms with E-state index >= 15 is 0 Å². The molecule has 1 saturated heterocycles. The van der Waals surface area contributed by atoms with Crippen molar-refractivity contribution >= 4 is 17.5 Å². The second-order valence-corrected chi connectivity index (χ2v) is 10.8. The molecule has 1 aromatic carbocycles. The van der Waals surface area contributed by atoms with Crippen LogP contribution in [-0.2, 0) is 4.74 Å². The van der Waals surface area contributed by atoms with Gasteiger partial charge in [0, 0.05) is 42.8 Å². The van der Waals surface area contributed by atoms with Crippen molar-refractivity contribution in [2.45, 2.75) is 78.4 Å². The molecule has 0 radical (unpaired) electrons. The van der Waals surface area contributed by atoms with Crippen molar-refractivity contribution in [2.75, 3.05) is 25.5 Å². The summed E-state index contributed by atoms with van der Waals surface area (Å²) in [7, 11) is 1.80. The van der Waals surface area contributed by atoms with E-state index in [2.05, 4.69) is 5.32 Å². The highest BCUT2D eigenvalue weighted by molar-refractivity contribution is 6.01. The number of hydrogen-bond acceptors (Lipinski definition) is 5.